The highest BCUT2D eigenvalue weighted by Crippen LogP contribution is 2.24. The average molecular weight is 354 g/mol. The number of nitrogens with zero attached hydrogens (tertiary/aromatic N) is 2. The molecule has 1 amide bonds. The van der Waals surface area contributed by atoms with Crippen LogP contribution < -0.4 is 9.64 Å². The normalized spacial score (nSPS) is 17.0. The van der Waals surface area contributed by atoms with E-state index in [0.29, 0.717) is 25.4 Å². The first-order valence-electron chi connectivity index (χ1n) is 8.89. The summed E-state index contributed by atoms with van der Waals surface area (Å²) in [5, 5.41) is 0. The second-order valence-corrected chi connectivity index (χ2v) is 6.79. The van der Waals surface area contributed by atoms with Crippen LogP contribution in [0.3, 0.4) is 0 Å². The van der Waals surface area contributed by atoms with E-state index in [1.807, 2.05) is 50.2 Å². The van der Waals surface area contributed by atoms with Gasteiger partial charge in [0.15, 0.2) is 6.61 Å². The minimum Gasteiger partial charge on any atom is -0.484 e. The van der Waals surface area contributed by atoms with Crippen LogP contribution in [0.4, 0.5) is 5.69 Å². The van der Waals surface area contributed by atoms with Gasteiger partial charge in [0.05, 0.1) is 13.2 Å². The predicted octanol–water partition coefficient (Wildman–Crippen LogP) is 3.04. The number of carbonyl (C=O) groups excluding carboxylic acids is 1. The zero-order valence-electron chi connectivity index (χ0n) is 15.6. The lowest BCUT2D eigenvalue weighted by Gasteiger charge is -2.33. The third-order valence-corrected chi connectivity index (χ3v) is 4.58. The quantitative estimate of drug-likeness (QED) is 0.828. The summed E-state index contributed by atoms with van der Waals surface area (Å²) < 4.78 is 11.5. The van der Waals surface area contributed by atoms with Gasteiger partial charge >= 0.3 is 0 Å². The maximum atomic E-state index is 12.5. The summed E-state index contributed by atoms with van der Waals surface area (Å²) in [4.78, 5) is 16.4. The molecule has 3 rings (SSSR count). The van der Waals surface area contributed by atoms with Gasteiger partial charge in [-0.25, -0.2) is 0 Å². The Morgan fingerprint density at radius 2 is 1.85 bits per heavy atom. The first-order valence-corrected chi connectivity index (χ1v) is 8.89. The van der Waals surface area contributed by atoms with Gasteiger partial charge in [0.2, 0.25) is 0 Å². The van der Waals surface area contributed by atoms with E-state index in [4.69, 9.17) is 9.47 Å². The van der Waals surface area contributed by atoms with Gasteiger partial charge in [0.25, 0.3) is 5.91 Å². The molecule has 1 heterocycles. The van der Waals surface area contributed by atoms with Gasteiger partial charge in [-0.15, -0.1) is 0 Å². The van der Waals surface area contributed by atoms with E-state index in [1.54, 1.807) is 0 Å². The van der Waals surface area contributed by atoms with Crippen molar-refractivity contribution >= 4 is 11.6 Å². The monoisotopic (exact) mass is 354 g/mol. The van der Waals surface area contributed by atoms with Crippen LogP contribution in [-0.2, 0) is 9.53 Å². The van der Waals surface area contributed by atoms with Gasteiger partial charge in [0, 0.05) is 26.3 Å². The lowest BCUT2D eigenvalue weighted by atomic mass is 10.1. The fourth-order valence-corrected chi connectivity index (χ4v) is 2.94. The molecular formula is C21H26N2O3. The molecule has 0 aliphatic carbocycles. The Hall–Kier alpha value is -2.53. The average Bonchev–Trinajstić information content (AvgIpc) is 2.67. The summed E-state index contributed by atoms with van der Waals surface area (Å²) in [7, 11) is 4.03. The number of benzene rings is 2. The zero-order valence-corrected chi connectivity index (χ0v) is 15.6. The highest BCUT2D eigenvalue weighted by atomic mass is 16.5. The third-order valence-electron chi connectivity index (χ3n) is 4.58. The molecule has 0 N–H and O–H groups in total. The van der Waals surface area contributed by atoms with Crippen molar-refractivity contribution in [2.24, 2.45) is 0 Å². The molecule has 1 aliphatic heterocycles. The van der Waals surface area contributed by atoms with E-state index in [1.165, 1.54) is 5.56 Å². The van der Waals surface area contributed by atoms with Crippen LogP contribution in [0.5, 0.6) is 5.75 Å². The molecule has 0 bridgehead atoms. The molecule has 0 saturated carbocycles. The van der Waals surface area contributed by atoms with Gasteiger partial charge < -0.3 is 19.3 Å². The Labute approximate surface area is 155 Å². The second-order valence-electron chi connectivity index (χ2n) is 6.79. The van der Waals surface area contributed by atoms with Crippen molar-refractivity contribution in [3.8, 4) is 5.75 Å². The molecule has 1 unspecified atom stereocenters. The molecular weight excluding hydrogens is 328 g/mol. The first-order chi connectivity index (χ1) is 12.5. The highest BCUT2D eigenvalue weighted by Gasteiger charge is 2.25. The number of amides is 1. The van der Waals surface area contributed by atoms with Gasteiger partial charge in [-0.1, -0.05) is 29.8 Å². The van der Waals surface area contributed by atoms with Gasteiger partial charge in [0.1, 0.15) is 11.9 Å². The number of aryl methyl sites for hydroxylation is 1. The maximum absolute atomic E-state index is 12.5. The van der Waals surface area contributed by atoms with Crippen LogP contribution in [0, 0.1) is 6.92 Å². The first kappa shape index (κ1) is 18.3. The SMILES string of the molecule is Cc1ccc(OCC(=O)N2CCOC(c3ccc(N(C)C)cc3)C2)cc1. The molecule has 1 saturated heterocycles. The number of hydrogen-bond donors (Lipinski definition) is 0. The van der Waals surface area contributed by atoms with Crippen LogP contribution in [0.15, 0.2) is 48.5 Å². The van der Waals surface area contributed by atoms with Crippen molar-refractivity contribution in [1.82, 2.24) is 4.90 Å². The van der Waals surface area contributed by atoms with Crippen molar-refractivity contribution in [3.63, 3.8) is 0 Å². The molecule has 1 atom stereocenters. The zero-order chi connectivity index (χ0) is 18.5. The largest absolute Gasteiger partial charge is 0.484 e. The molecule has 1 fully saturated rings. The van der Waals surface area contributed by atoms with Crippen LogP contribution in [0.1, 0.15) is 17.2 Å². The Morgan fingerprint density at radius 3 is 2.50 bits per heavy atom. The Bertz CT molecular complexity index is 726. The summed E-state index contributed by atoms with van der Waals surface area (Å²) in [6.07, 6.45) is -0.0942. The summed E-state index contributed by atoms with van der Waals surface area (Å²) in [5.74, 6) is 0.705. The maximum Gasteiger partial charge on any atom is 0.260 e. The molecule has 2 aromatic rings. The molecule has 1 aliphatic rings. The standard InChI is InChI=1S/C21H26N2O3/c1-16-4-10-19(11-5-16)26-15-21(24)23-12-13-25-20(14-23)17-6-8-18(9-7-17)22(2)3/h4-11,20H,12-15H2,1-3H3. The number of anilines is 1. The van der Waals surface area contributed by atoms with Crippen molar-refractivity contribution in [2.75, 3.05) is 45.3 Å². The highest BCUT2D eigenvalue weighted by molar-refractivity contribution is 5.78. The molecule has 0 aromatic heterocycles. The van der Waals surface area contributed by atoms with Gasteiger partial charge in [-0.05, 0) is 36.8 Å². The summed E-state index contributed by atoms with van der Waals surface area (Å²) in [6, 6.07) is 16.0. The van der Waals surface area contributed by atoms with Crippen molar-refractivity contribution < 1.29 is 14.3 Å². The van der Waals surface area contributed by atoms with Gasteiger partial charge in [-0.3, -0.25) is 4.79 Å². The number of rotatable bonds is 5. The number of carbonyl (C=O) groups is 1. The van der Waals surface area contributed by atoms with Gasteiger partial charge in [-0.2, -0.15) is 0 Å². The molecule has 5 heteroatoms. The topological polar surface area (TPSA) is 42.0 Å². The van der Waals surface area contributed by atoms with E-state index < -0.39 is 0 Å². The molecule has 0 radical (unpaired) electrons. The van der Waals surface area contributed by atoms with E-state index >= 15 is 0 Å². The molecule has 138 valence electrons. The second kappa shape index (κ2) is 8.23. The summed E-state index contributed by atoms with van der Waals surface area (Å²) >= 11 is 0. The summed E-state index contributed by atoms with van der Waals surface area (Å²) in [6.45, 7) is 3.76. The van der Waals surface area contributed by atoms with E-state index in [2.05, 4.69) is 29.2 Å². The van der Waals surface area contributed by atoms with Crippen LogP contribution >= 0.6 is 0 Å². The fourth-order valence-electron chi connectivity index (χ4n) is 2.94. The summed E-state index contributed by atoms with van der Waals surface area (Å²) in [5.41, 5.74) is 3.40. The van der Waals surface area contributed by atoms with Crippen LogP contribution in [-0.4, -0.2) is 51.2 Å². The van der Waals surface area contributed by atoms with Crippen LogP contribution in [0.25, 0.3) is 0 Å². The van der Waals surface area contributed by atoms with Crippen molar-refractivity contribution in [3.05, 3.63) is 59.7 Å². The van der Waals surface area contributed by atoms with E-state index in [0.717, 1.165) is 11.3 Å². The lowest BCUT2D eigenvalue weighted by molar-refractivity contribution is -0.141. The molecule has 26 heavy (non-hydrogen) atoms. The number of ether oxygens (including phenoxy) is 2. The minimum atomic E-state index is -0.0942. The minimum absolute atomic E-state index is 0.0104. The smallest absolute Gasteiger partial charge is 0.260 e. The number of morpholine rings is 1. The number of hydrogen-bond acceptors (Lipinski definition) is 4. The fraction of sp³-hybridized carbons (Fsp3) is 0.381. The van der Waals surface area contributed by atoms with E-state index in [-0.39, 0.29) is 18.6 Å². The molecule has 2 aromatic carbocycles. The molecule has 5 nitrogen and oxygen atoms in total. The Morgan fingerprint density at radius 1 is 1.15 bits per heavy atom. The van der Waals surface area contributed by atoms with Crippen molar-refractivity contribution in [2.45, 2.75) is 13.0 Å². The van der Waals surface area contributed by atoms with Crippen molar-refractivity contribution in [1.29, 1.82) is 0 Å². The Kier molecular flexibility index (Phi) is 5.78. The van der Waals surface area contributed by atoms with E-state index in [9.17, 15) is 4.79 Å². The predicted molar refractivity (Wildman–Crippen MR) is 103 cm³/mol. The lowest BCUT2D eigenvalue weighted by Crippen LogP contribution is -2.44. The Balaban J connectivity index is 1.57. The molecule has 0 spiro atoms. The van der Waals surface area contributed by atoms with Crippen LogP contribution in [0.2, 0.25) is 0 Å². The third kappa shape index (κ3) is 4.55.